The summed E-state index contributed by atoms with van der Waals surface area (Å²) >= 11 is 0. The van der Waals surface area contributed by atoms with Crippen molar-refractivity contribution < 1.29 is 4.74 Å². The van der Waals surface area contributed by atoms with Gasteiger partial charge in [0.05, 0.1) is 5.69 Å². The Balaban J connectivity index is 1.96. The minimum Gasteiger partial charge on any atom is -0.485 e. The summed E-state index contributed by atoms with van der Waals surface area (Å²) < 4.78 is 8.02. The summed E-state index contributed by atoms with van der Waals surface area (Å²) in [5.74, 6) is 0.908. The summed E-state index contributed by atoms with van der Waals surface area (Å²) in [7, 11) is 1.95. The number of fused-ring (bicyclic) bond motifs is 1. The van der Waals surface area contributed by atoms with Crippen LogP contribution in [-0.2, 0) is 13.5 Å². The Bertz CT molecular complexity index is 633. The van der Waals surface area contributed by atoms with Crippen LogP contribution < -0.4 is 10.5 Å². The highest BCUT2D eigenvalue weighted by Crippen LogP contribution is 2.40. The van der Waals surface area contributed by atoms with Crippen molar-refractivity contribution in [3.8, 4) is 5.75 Å². The monoisotopic (exact) mass is 271 g/mol. The molecule has 1 unspecified atom stereocenters. The van der Waals surface area contributed by atoms with Crippen molar-refractivity contribution in [3.63, 3.8) is 0 Å². The SMILES string of the molecule is CCc1nn(C)cc1C1C[C@H](N)c2cc(C)ccc2O1. The maximum absolute atomic E-state index is 6.33. The van der Waals surface area contributed by atoms with Crippen LogP contribution in [0.25, 0.3) is 0 Å². The molecule has 1 aliphatic heterocycles. The second kappa shape index (κ2) is 4.94. The van der Waals surface area contributed by atoms with Crippen molar-refractivity contribution in [2.24, 2.45) is 12.8 Å². The summed E-state index contributed by atoms with van der Waals surface area (Å²) in [5, 5.41) is 4.50. The highest BCUT2D eigenvalue weighted by molar-refractivity contribution is 5.41. The zero-order valence-electron chi connectivity index (χ0n) is 12.3. The van der Waals surface area contributed by atoms with Crippen LogP contribution in [0.1, 0.15) is 47.9 Å². The molecule has 4 heteroatoms. The molecule has 0 aliphatic carbocycles. The lowest BCUT2D eigenvalue weighted by atomic mass is 9.92. The van der Waals surface area contributed by atoms with E-state index in [4.69, 9.17) is 10.5 Å². The quantitative estimate of drug-likeness (QED) is 0.913. The van der Waals surface area contributed by atoms with Crippen LogP contribution in [0, 0.1) is 6.92 Å². The maximum Gasteiger partial charge on any atom is 0.129 e. The lowest BCUT2D eigenvalue weighted by Crippen LogP contribution is -2.24. The van der Waals surface area contributed by atoms with E-state index in [1.807, 2.05) is 17.8 Å². The van der Waals surface area contributed by atoms with Gasteiger partial charge in [-0.2, -0.15) is 5.10 Å². The average Bonchev–Trinajstić information content (AvgIpc) is 2.80. The van der Waals surface area contributed by atoms with E-state index >= 15 is 0 Å². The van der Waals surface area contributed by atoms with E-state index in [9.17, 15) is 0 Å². The fourth-order valence-electron chi connectivity index (χ4n) is 2.91. The minimum atomic E-state index is 0.00357. The molecule has 1 aromatic heterocycles. The predicted octanol–water partition coefficient (Wildman–Crippen LogP) is 2.81. The van der Waals surface area contributed by atoms with Crippen LogP contribution in [-0.4, -0.2) is 9.78 Å². The van der Waals surface area contributed by atoms with Crippen LogP contribution >= 0.6 is 0 Å². The molecule has 2 aromatic rings. The standard InChI is InChI=1S/C16H21N3O/c1-4-14-12(9-19(3)18-14)16-8-13(17)11-7-10(2)5-6-15(11)20-16/h5-7,9,13,16H,4,8,17H2,1-3H3/t13-,16?/m0/s1. The molecule has 0 saturated carbocycles. The van der Waals surface area contributed by atoms with Gasteiger partial charge < -0.3 is 10.5 Å². The summed E-state index contributed by atoms with van der Waals surface area (Å²) in [6, 6.07) is 6.24. The Hall–Kier alpha value is -1.81. The van der Waals surface area contributed by atoms with Gasteiger partial charge in [0.2, 0.25) is 0 Å². The fourth-order valence-corrected chi connectivity index (χ4v) is 2.91. The third-order valence-electron chi connectivity index (χ3n) is 3.92. The van der Waals surface area contributed by atoms with Gasteiger partial charge in [0.15, 0.2) is 0 Å². The van der Waals surface area contributed by atoms with Gasteiger partial charge >= 0.3 is 0 Å². The average molecular weight is 271 g/mol. The Labute approximate surface area is 119 Å². The largest absolute Gasteiger partial charge is 0.485 e. The molecule has 0 spiro atoms. The Morgan fingerprint density at radius 1 is 1.40 bits per heavy atom. The second-order valence-corrected chi connectivity index (χ2v) is 5.55. The lowest BCUT2D eigenvalue weighted by Gasteiger charge is -2.30. The molecule has 0 saturated heterocycles. The van der Waals surface area contributed by atoms with Crippen molar-refractivity contribution in [1.29, 1.82) is 0 Å². The Morgan fingerprint density at radius 3 is 2.95 bits per heavy atom. The number of ether oxygens (including phenoxy) is 1. The van der Waals surface area contributed by atoms with Crippen molar-refractivity contribution in [2.75, 3.05) is 0 Å². The topological polar surface area (TPSA) is 53.1 Å². The maximum atomic E-state index is 6.33. The van der Waals surface area contributed by atoms with Gasteiger partial charge in [-0.05, 0) is 19.4 Å². The van der Waals surface area contributed by atoms with Crippen molar-refractivity contribution >= 4 is 0 Å². The molecule has 0 fully saturated rings. The highest BCUT2D eigenvalue weighted by Gasteiger charge is 2.29. The van der Waals surface area contributed by atoms with Gasteiger partial charge in [0.1, 0.15) is 11.9 Å². The van der Waals surface area contributed by atoms with E-state index in [1.54, 1.807) is 0 Å². The van der Waals surface area contributed by atoms with E-state index in [2.05, 4.69) is 37.3 Å². The molecule has 2 atom stereocenters. The molecule has 3 rings (SSSR count). The number of rotatable bonds is 2. The van der Waals surface area contributed by atoms with Crippen LogP contribution in [0.15, 0.2) is 24.4 Å². The van der Waals surface area contributed by atoms with Crippen molar-refractivity contribution in [3.05, 3.63) is 46.8 Å². The first-order valence-electron chi connectivity index (χ1n) is 7.13. The fraction of sp³-hybridized carbons (Fsp3) is 0.438. The van der Waals surface area contributed by atoms with Gasteiger partial charge in [-0.3, -0.25) is 4.68 Å². The minimum absolute atomic E-state index is 0.00357. The smallest absolute Gasteiger partial charge is 0.129 e. The summed E-state index contributed by atoms with van der Waals surface area (Å²) in [5.41, 5.74) is 10.9. The molecular weight excluding hydrogens is 250 g/mol. The van der Waals surface area contributed by atoms with Gasteiger partial charge in [-0.25, -0.2) is 0 Å². The van der Waals surface area contributed by atoms with Gasteiger partial charge in [-0.1, -0.05) is 24.6 Å². The predicted molar refractivity (Wildman–Crippen MR) is 78.7 cm³/mol. The lowest BCUT2D eigenvalue weighted by molar-refractivity contribution is 0.160. The number of hydrogen-bond donors (Lipinski definition) is 1. The third-order valence-corrected chi connectivity index (χ3v) is 3.92. The Morgan fingerprint density at radius 2 is 2.20 bits per heavy atom. The molecule has 2 heterocycles. The number of hydrogen-bond acceptors (Lipinski definition) is 3. The van der Waals surface area contributed by atoms with E-state index < -0.39 is 0 Å². The van der Waals surface area contributed by atoms with Gasteiger partial charge in [0.25, 0.3) is 0 Å². The van der Waals surface area contributed by atoms with Crippen molar-refractivity contribution in [1.82, 2.24) is 9.78 Å². The first kappa shape index (κ1) is 13.2. The number of aryl methyl sites for hydroxylation is 3. The molecule has 20 heavy (non-hydrogen) atoms. The molecule has 106 valence electrons. The van der Waals surface area contributed by atoms with Gasteiger partial charge in [0, 0.05) is 36.8 Å². The normalized spacial score (nSPS) is 21.4. The highest BCUT2D eigenvalue weighted by atomic mass is 16.5. The molecular formula is C16H21N3O. The zero-order chi connectivity index (χ0) is 14.3. The number of benzene rings is 1. The Kier molecular flexibility index (Phi) is 3.26. The van der Waals surface area contributed by atoms with E-state index in [-0.39, 0.29) is 12.1 Å². The zero-order valence-corrected chi connectivity index (χ0v) is 12.3. The number of nitrogens with zero attached hydrogens (tertiary/aromatic N) is 2. The summed E-state index contributed by atoms with van der Waals surface area (Å²) in [4.78, 5) is 0. The van der Waals surface area contributed by atoms with E-state index in [1.165, 1.54) is 5.56 Å². The summed E-state index contributed by atoms with van der Waals surface area (Å²) in [6.45, 7) is 4.20. The van der Waals surface area contributed by atoms with Gasteiger partial charge in [-0.15, -0.1) is 0 Å². The van der Waals surface area contributed by atoms with E-state index in [0.717, 1.165) is 35.4 Å². The molecule has 0 amide bonds. The van der Waals surface area contributed by atoms with Crippen LogP contribution in [0.4, 0.5) is 0 Å². The molecule has 2 N–H and O–H groups in total. The van der Waals surface area contributed by atoms with Crippen molar-refractivity contribution in [2.45, 2.75) is 38.8 Å². The molecule has 4 nitrogen and oxygen atoms in total. The third kappa shape index (κ3) is 2.20. The molecule has 0 bridgehead atoms. The van der Waals surface area contributed by atoms with Crippen LogP contribution in [0.3, 0.4) is 0 Å². The first-order valence-corrected chi connectivity index (χ1v) is 7.13. The summed E-state index contributed by atoms with van der Waals surface area (Å²) in [6.07, 6.45) is 3.76. The molecule has 1 aliphatic rings. The first-order chi connectivity index (χ1) is 9.58. The molecule has 1 aromatic carbocycles. The molecule has 0 radical (unpaired) electrons. The number of aromatic nitrogens is 2. The second-order valence-electron chi connectivity index (χ2n) is 5.55. The van der Waals surface area contributed by atoms with Crippen LogP contribution in [0.5, 0.6) is 5.75 Å². The van der Waals surface area contributed by atoms with Crippen LogP contribution in [0.2, 0.25) is 0 Å². The van der Waals surface area contributed by atoms with E-state index in [0.29, 0.717) is 0 Å². The number of nitrogens with two attached hydrogens (primary N) is 1.